The molecule has 3 aromatic carbocycles. The molecule has 0 fully saturated rings. The Balaban J connectivity index is 1.56. The predicted octanol–water partition coefficient (Wildman–Crippen LogP) is 5.00. The van der Waals surface area contributed by atoms with Gasteiger partial charge in [-0.2, -0.15) is 0 Å². The number of aromatic nitrogens is 2. The van der Waals surface area contributed by atoms with Crippen LogP contribution >= 0.6 is 0 Å². The molecule has 0 radical (unpaired) electrons. The average molecular weight is 483 g/mol. The van der Waals surface area contributed by atoms with Gasteiger partial charge in [0.05, 0.1) is 36.1 Å². The van der Waals surface area contributed by atoms with Gasteiger partial charge < -0.3 is 19.9 Å². The molecular weight excluding hydrogens is 452 g/mol. The second-order valence-corrected chi connectivity index (χ2v) is 9.57. The van der Waals surface area contributed by atoms with E-state index in [0.717, 1.165) is 27.9 Å². The molecule has 7 nitrogen and oxygen atoms in total. The molecule has 36 heavy (non-hydrogen) atoms. The van der Waals surface area contributed by atoms with Crippen molar-refractivity contribution in [1.82, 2.24) is 20.2 Å². The maximum atomic E-state index is 14.1. The number of para-hydroxylation sites is 2. The van der Waals surface area contributed by atoms with Crippen molar-refractivity contribution >= 4 is 22.8 Å². The monoisotopic (exact) mass is 482 g/mol. The number of carbonyl (C=O) groups is 2. The normalized spacial score (nSPS) is 18.2. The van der Waals surface area contributed by atoms with Crippen LogP contribution in [-0.2, 0) is 4.79 Å². The number of benzene rings is 3. The van der Waals surface area contributed by atoms with Gasteiger partial charge in [-0.05, 0) is 47.4 Å². The molecule has 0 aliphatic carbocycles. The quantitative estimate of drug-likeness (QED) is 0.405. The van der Waals surface area contributed by atoms with E-state index in [1.54, 1.807) is 25.1 Å². The number of likely N-dealkylation sites (N-methyl/N-ethyl adjacent to an activating group) is 1. The summed E-state index contributed by atoms with van der Waals surface area (Å²) in [5.41, 5.74) is 3.93. The zero-order chi connectivity index (χ0) is 25.4. The third kappa shape index (κ3) is 4.11. The van der Waals surface area contributed by atoms with Crippen LogP contribution in [0.2, 0.25) is 0 Å². The van der Waals surface area contributed by atoms with Gasteiger partial charge >= 0.3 is 0 Å². The number of H-pyrrole nitrogens is 1. The zero-order valence-electron chi connectivity index (χ0n) is 20.9. The molecule has 0 bridgehead atoms. The maximum Gasteiger partial charge on any atom is 0.254 e. The lowest BCUT2D eigenvalue weighted by atomic mass is 9.79. The second-order valence-electron chi connectivity index (χ2n) is 9.57. The van der Waals surface area contributed by atoms with E-state index < -0.39 is 12.0 Å². The van der Waals surface area contributed by atoms with Crippen LogP contribution in [-0.4, -0.2) is 40.8 Å². The van der Waals surface area contributed by atoms with Crippen molar-refractivity contribution < 1.29 is 14.3 Å². The van der Waals surface area contributed by atoms with Crippen molar-refractivity contribution in [3.05, 3.63) is 95.3 Å². The van der Waals surface area contributed by atoms with E-state index in [2.05, 4.69) is 24.1 Å². The van der Waals surface area contributed by atoms with Crippen LogP contribution in [0.15, 0.2) is 72.8 Å². The van der Waals surface area contributed by atoms with Crippen molar-refractivity contribution in [1.29, 1.82) is 0 Å². The van der Waals surface area contributed by atoms with E-state index in [-0.39, 0.29) is 23.8 Å². The molecule has 7 heteroatoms. The summed E-state index contributed by atoms with van der Waals surface area (Å²) in [6.07, 6.45) is 0. The Bertz CT molecular complexity index is 1380. The number of carbonyl (C=O) groups excluding carboxylic acids is 2. The number of methoxy groups -OCH3 is 1. The number of hydrogen-bond acceptors (Lipinski definition) is 4. The molecule has 2 amide bonds. The highest BCUT2D eigenvalue weighted by Gasteiger charge is 2.43. The average Bonchev–Trinajstić information content (AvgIpc) is 3.33. The van der Waals surface area contributed by atoms with Crippen molar-refractivity contribution in [2.24, 2.45) is 5.92 Å². The molecule has 0 unspecified atom stereocenters. The lowest BCUT2D eigenvalue weighted by Gasteiger charge is -2.40. The Morgan fingerprint density at radius 3 is 2.42 bits per heavy atom. The Kier molecular flexibility index (Phi) is 6.22. The van der Waals surface area contributed by atoms with E-state index in [1.165, 1.54) is 0 Å². The molecule has 0 saturated heterocycles. The van der Waals surface area contributed by atoms with Crippen molar-refractivity contribution in [2.75, 3.05) is 14.2 Å². The van der Waals surface area contributed by atoms with E-state index in [0.29, 0.717) is 11.4 Å². The van der Waals surface area contributed by atoms with E-state index >= 15 is 0 Å². The smallest absolute Gasteiger partial charge is 0.254 e. The molecule has 184 valence electrons. The molecule has 2 heterocycles. The second kappa shape index (κ2) is 9.49. The number of nitrogens with one attached hydrogen (secondary N) is 2. The molecule has 4 aromatic rings. The number of nitrogens with zero attached hydrogens (tertiary/aromatic N) is 2. The molecule has 5 rings (SSSR count). The van der Waals surface area contributed by atoms with Crippen molar-refractivity contribution in [3.8, 4) is 5.75 Å². The first kappa shape index (κ1) is 23.6. The molecule has 1 aromatic heterocycles. The van der Waals surface area contributed by atoms with Gasteiger partial charge in [0.15, 0.2) is 0 Å². The molecule has 1 aliphatic rings. The number of ether oxygens (including phenoxy) is 1. The van der Waals surface area contributed by atoms with Crippen molar-refractivity contribution in [2.45, 2.75) is 31.8 Å². The predicted molar refractivity (Wildman–Crippen MR) is 139 cm³/mol. The van der Waals surface area contributed by atoms with Crippen molar-refractivity contribution in [3.63, 3.8) is 0 Å². The van der Waals surface area contributed by atoms with Crippen LogP contribution in [0, 0.1) is 5.92 Å². The van der Waals surface area contributed by atoms with Crippen LogP contribution in [0.5, 0.6) is 5.75 Å². The minimum Gasteiger partial charge on any atom is -0.497 e. The summed E-state index contributed by atoms with van der Waals surface area (Å²) in [6, 6.07) is 22.0. The highest BCUT2D eigenvalue weighted by atomic mass is 16.5. The molecule has 1 aliphatic heterocycles. The van der Waals surface area contributed by atoms with Gasteiger partial charge in [-0.25, -0.2) is 4.98 Å². The molecule has 0 saturated carbocycles. The summed E-state index contributed by atoms with van der Waals surface area (Å²) in [4.78, 5) is 37.2. The number of aromatic amines is 1. The van der Waals surface area contributed by atoms with E-state index in [4.69, 9.17) is 9.72 Å². The van der Waals surface area contributed by atoms with Gasteiger partial charge in [-0.3, -0.25) is 9.59 Å². The third-order valence-electron chi connectivity index (χ3n) is 6.99. The van der Waals surface area contributed by atoms with Gasteiger partial charge in [0.2, 0.25) is 5.91 Å². The summed E-state index contributed by atoms with van der Waals surface area (Å²) < 4.78 is 5.32. The fraction of sp³-hybridized carbons (Fsp3) is 0.276. The first-order valence-corrected chi connectivity index (χ1v) is 12.1. The van der Waals surface area contributed by atoms with Crippen LogP contribution in [0.3, 0.4) is 0 Å². The number of amides is 2. The van der Waals surface area contributed by atoms with Gasteiger partial charge in [0.1, 0.15) is 11.6 Å². The minimum absolute atomic E-state index is 0.0899. The van der Waals surface area contributed by atoms with Gasteiger partial charge in [0.25, 0.3) is 5.91 Å². The summed E-state index contributed by atoms with van der Waals surface area (Å²) in [6.45, 7) is 4.12. The summed E-state index contributed by atoms with van der Waals surface area (Å²) in [5.74, 6) is 0.675. The molecular formula is C29H30N4O3. The summed E-state index contributed by atoms with van der Waals surface area (Å²) >= 11 is 0. The topological polar surface area (TPSA) is 87.3 Å². The Morgan fingerprint density at radius 1 is 1.03 bits per heavy atom. The minimum atomic E-state index is -0.595. The Labute approximate surface area is 210 Å². The first-order chi connectivity index (χ1) is 17.4. The number of rotatable bonds is 6. The lowest BCUT2D eigenvalue weighted by molar-refractivity contribution is -0.125. The van der Waals surface area contributed by atoms with Crippen LogP contribution in [0.25, 0.3) is 11.0 Å². The fourth-order valence-electron chi connectivity index (χ4n) is 5.09. The van der Waals surface area contributed by atoms with Crippen LogP contribution in [0.1, 0.15) is 59.2 Å². The Morgan fingerprint density at radius 2 is 1.72 bits per heavy atom. The van der Waals surface area contributed by atoms with Gasteiger partial charge in [-0.1, -0.05) is 56.3 Å². The Hall–Kier alpha value is -4.13. The van der Waals surface area contributed by atoms with E-state index in [9.17, 15) is 9.59 Å². The van der Waals surface area contributed by atoms with Crippen LogP contribution < -0.4 is 10.1 Å². The lowest BCUT2D eigenvalue weighted by Crippen LogP contribution is -2.46. The zero-order valence-corrected chi connectivity index (χ0v) is 20.9. The molecule has 2 N–H and O–H groups in total. The fourth-order valence-corrected chi connectivity index (χ4v) is 5.09. The highest BCUT2D eigenvalue weighted by molar-refractivity contribution is 6.01. The van der Waals surface area contributed by atoms with Gasteiger partial charge in [-0.15, -0.1) is 0 Å². The van der Waals surface area contributed by atoms with E-state index in [1.807, 2.05) is 66.7 Å². The van der Waals surface area contributed by atoms with Gasteiger partial charge in [0, 0.05) is 12.6 Å². The number of fused-ring (bicyclic) bond motifs is 2. The third-order valence-corrected chi connectivity index (χ3v) is 6.99. The number of hydrogen-bond donors (Lipinski definition) is 2. The maximum absolute atomic E-state index is 14.1. The summed E-state index contributed by atoms with van der Waals surface area (Å²) in [5, 5.41) is 3.27. The van der Waals surface area contributed by atoms with Crippen LogP contribution in [0.4, 0.5) is 0 Å². The summed E-state index contributed by atoms with van der Waals surface area (Å²) in [7, 11) is 3.37. The molecule has 0 spiro atoms. The first-order valence-electron chi connectivity index (χ1n) is 12.1. The standard InChI is InChI=1S/C29H30N4O3/c1-17(2)25(27-30-22-11-7-8-12-23(22)31-27)32-28(34)24-20-9-5-6-10-21(20)29(35)33(3)26(24)18-13-15-19(36-4)16-14-18/h5-17,24-26H,1-4H3,(H,30,31)(H,32,34)/t24-,25-,26-/m0/s1. The number of imidazole rings is 1. The SMILES string of the molecule is COc1ccc([C@H]2[C@@H](C(=O)N[C@H](c3nc4ccccc4[nH]3)C(C)C)c3ccccc3C(=O)N2C)cc1. The largest absolute Gasteiger partial charge is 0.497 e. The molecule has 3 atom stereocenters. The highest BCUT2D eigenvalue weighted by Crippen LogP contribution is 2.43.